The van der Waals surface area contributed by atoms with Crippen molar-refractivity contribution in [2.24, 2.45) is 0 Å². The second kappa shape index (κ2) is 10.6. The molecule has 2 amide bonds. The van der Waals surface area contributed by atoms with Crippen molar-refractivity contribution in [3.05, 3.63) is 66.1 Å². The van der Waals surface area contributed by atoms with Crippen molar-refractivity contribution in [3.63, 3.8) is 0 Å². The first-order valence-electron chi connectivity index (χ1n) is 11.6. The van der Waals surface area contributed by atoms with Crippen LogP contribution in [-0.4, -0.2) is 68.8 Å². The predicted molar refractivity (Wildman–Crippen MR) is 128 cm³/mol. The maximum absolute atomic E-state index is 13.7. The van der Waals surface area contributed by atoms with Crippen LogP contribution < -0.4 is 4.90 Å². The van der Waals surface area contributed by atoms with Crippen LogP contribution in [-0.2, 0) is 17.5 Å². The molecule has 196 valence electrons. The van der Waals surface area contributed by atoms with Gasteiger partial charge in [0, 0.05) is 36.4 Å². The second-order valence-electron chi connectivity index (χ2n) is 8.98. The highest BCUT2D eigenvalue weighted by Gasteiger charge is 2.38. The molecule has 37 heavy (non-hydrogen) atoms. The van der Waals surface area contributed by atoms with Gasteiger partial charge in [0.05, 0.1) is 13.1 Å². The molecule has 1 fully saturated rings. The lowest BCUT2D eigenvalue weighted by Gasteiger charge is -2.45. The molecule has 9 nitrogen and oxygen atoms in total. The van der Waals surface area contributed by atoms with Crippen LogP contribution in [0, 0.1) is 0 Å². The average molecular weight is 518 g/mol. The summed E-state index contributed by atoms with van der Waals surface area (Å²) in [5.74, 6) is -2.58. The molecule has 2 atom stereocenters. The highest BCUT2D eigenvalue weighted by atomic mass is 19.4. The molecule has 2 heterocycles. The lowest BCUT2D eigenvalue weighted by atomic mass is 10.1. The zero-order chi connectivity index (χ0) is 26.7. The molecular weight excluding hydrogens is 491 g/mol. The molecule has 1 saturated heterocycles. The van der Waals surface area contributed by atoms with E-state index in [9.17, 15) is 27.9 Å². The first kappa shape index (κ1) is 26.1. The Morgan fingerprint density at radius 3 is 2.19 bits per heavy atom. The van der Waals surface area contributed by atoms with Gasteiger partial charge in [-0.2, -0.15) is 13.2 Å². The number of amides is 2. The van der Waals surface area contributed by atoms with Gasteiger partial charge in [0.15, 0.2) is 0 Å². The fourth-order valence-corrected chi connectivity index (χ4v) is 4.42. The molecule has 0 aliphatic carbocycles. The van der Waals surface area contributed by atoms with Gasteiger partial charge in [0.1, 0.15) is 0 Å². The number of anilines is 1. The normalized spacial score (nSPS) is 18.6. The highest BCUT2D eigenvalue weighted by molar-refractivity contribution is 5.92. The number of aromatic nitrogens is 2. The van der Waals surface area contributed by atoms with E-state index in [4.69, 9.17) is 4.42 Å². The summed E-state index contributed by atoms with van der Waals surface area (Å²) in [6, 6.07) is 15.1. The lowest BCUT2D eigenvalue weighted by Crippen LogP contribution is -2.61. The molecule has 0 saturated carbocycles. The topological polar surface area (TPSA) is 103 Å². The molecule has 1 aliphatic heterocycles. The second-order valence-corrected chi connectivity index (χ2v) is 8.98. The maximum atomic E-state index is 13.7. The Kier molecular flexibility index (Phi) is 7.48. The fraction of sp³-hybridized carbons (Fsp3) is 0.360. The quantitative estimate of drug-likeness (QED) is 0.518. The predicted octanol–water partition coefficient (Wildman–Crippen LogP) is 4.36. The number of carbonyl (C=O) groups is 2. The number of aliphatic carboxylic acids is 1. The molecule has 1 N–H and O–H groups in total. The highest BCUT2D eigenvalue weighted by Crippen LogP contribution is 2.30. The van der Waals surface area contributed by atoms with Gasteiger partial charge in [-0.15, -0.1) is 10.2 Å². The number of rotatable bonds is 6. The van der Waals surface area contributed by atoms with Gasteiger partial charge in [-0.25, -0.2) is 4.79 Å². The number of carboxylic acid groups (broad SMARTS) is 1. The van der Waals surface area contributed by atoms with E-state index in [1.807, 2.05) is 49.1 Å². The number of halogens is 3. The molecule has 12 heteroatoms. The van der Waals surface area contributed by atoms with Crippen LogP contribution in [0.4, 0.5) is 23.7 Å². The summed E-state index contributed by atoms with van der Waals surface area (Å²) in [7, 11) is 0. The number of nitrogens with zero attached hydrogens (tertiary/aromatic N) is 5. The van der Waals surface area contributed by atoms with Gasteiger partial charge in [-0.05, 0) is 43.7 Å². The third-order valence-electron chi connectivity index (χ3n) is 6.20. The van der Waals surface area contributed by atoms with E-state index in [-0.39, 0.29) is 37.1 Å². The molecule has 0 spiro atoms. The van der Waals surface area contributed by atoms with Crippen molar-refractivity contribution in [1.82, 2.24) is 20.0 Å². The summed E-state index contributed by atoms with van der Waals surface area (Å²) in [5.41, 5.74) is 1.74. The van der Waals surface area contributed by atoms with Gasteiger partial charge in [0.25, 0.3) is 0 Å². The molecule has 4 rings (SSSR count). The van der Waals surface area contributed by atoms with E-state index < -0.39 is 18.0 Å². The van der Waals surface area contributed by atoms with Crippen molar-refractivity contribution < 1.29 is 32.3 Å². The zero-order valence-corrected chi connectivity index (χ0v) is 20.2. The van der Waals surface area contributed by atoms with Crippen LogP contribution in [0.2, 0.25) is 0 Å². The van der Waals surface area contributed by atoms with E-state index in [0.717, 1.165) is 5.56 Å². The van der Waals surface area contributed by atoms with Crippen molar-refractivity contribution in [2.45, 2.75) is 38.7 Å². The Hall–Kier alpha value is -3.93. The molecule has 0 unspecified atom stereocenters. The summed E-state index contributed by atoms with van der Waals surface area (Å²) in [5, 5.41) is 15.7. The molecular formula is C25H26F3N5O4. The fourth-order valence-electron chi connectivity index (χ4n) is 4.42. The number of carboxylic acids is 1. The lowest BCUT2D eigenvalue weighted by molar-refractivity contribution is -0.157. The molecule has 0 radical (unpaired) electrons. The number of benzene rings is 2. The summed E-state index contributed by atoms with van der Waals surface area (Å²) in [4.78, 5) is 30.1. The standard InChI is InChI=1S/C25H26F3N5O4/c1-16-12-31(13-17(2)32(16)15-21(34)35)24(36)33(20-6-4-3-5-7-20)14-18-8-10-19(11-9-18)22-29-30-23(37-22)25(26,27)28/h3-11,16-17H,12-15H2,1-2H3,(H,34,35)/t16-,17+. The van der Waals surface area contributed by atoms with Gasteiger partial charge in [0.2, 0.25) is 5.89 Å². The molecule has 3 aromatic rings. The minimum atomic E-state index is -4.73. The van der Waals surface area contributed by atoms with Gasteiger partial charge in [-0.1, -0.05) is 30.3 Å². The van der Waals surface area contributed by atoms with Crippen LogP contribution in [0.25, 0.3) is 11.5 Å². The van der Waals surface area contributed by atoms with E-state index in [1.54, 1.807) is 34.1 Å². The van der Waals surface area contributed by atoms with E-state index in [1.165, 1.54) is 0 Å². The number of hydrogen-bond donors (Lipinski definition) is 1. The van der Waals surface area contributed by atoms with E-state index in [0.29, 0.717) is 24.3 Å². The third-order valence-corrected chi connectivity index (χ3v) is 6.20. The first-order chi connectivity index (χ1) is 17.5. The first-order valence-corrected chi connectivity index (χ1v) is 11.6. The number of piperazine rings is 1. The van der Waals surface area contributed by atoms with Gasteiger partial charge < -0.3 is 14.4 Å². The van der Waals surface area contributed by atoms with Crippen molar-refractivity contribution in [3.8, 4) is 11.5 Å². The zero-order valence-electron chi connectivity index (χ0n) is 20.2. The van der Waals surface area contributed by atoms with Crippen LogP contribution >= 0.6 is 0 Å². The van der Waals surface area contributed by atoms with Crippen molar-refractivity contribution in [1.29, 1.82) is 0 Å². The van der Waals surface area contributed by atoms with Crippen LogP contribution in [0.5, 0.6) is 0 Å². The van der Waals surface area contributed by atoms with Gasteiger partial charge in [-0.3, -0.25) is 14.6 Å². The average Bonchev–Trinajstić information content (AvgIpc) is 3.36. The third kappa shape index (κ3) is 6.08. The number of para-hydroxylation sites is 1. The summed E-state index contributed by atoms with van der Waals surface area (Å²) < 4.78 is 43.1. The number of carbonyl (C=O) groups excluding carboxylic acids is 1. The molecule has 2 aromatic carbocycles. The maximum Gasteiger partial charge on any atom is 0.470 e. The van der Waals surface area contributed by atoms with E-state index in [2.05, 4.69) is 10.2 Å². The Morgan fingerprint density at radius 1 is 1.03 bits per heavy atom. The molecule has 1 aliphatic rings. The van der Waals surface area contributed by atoms with Crippen LogP contribution in [0.1, 0.15) is 25.3 Å². The molecule has 0 bridgehead atoms. The smallest absolute Gasteiger partial charge is 0.470 e. The van der Waals surface area contributed by atoms with Crippen LogP contribution in [0.15, 0.2) is 59.0 Å². The Balaban J connectivity index is 1.53. The van der Waals surface area contributed by atoms with Crippen LogP contribution in [0.3, 0.4) is 0 Å². The summed E-state index contributed by atoms with van der Waals surface area (Å²) >= 11 is 0. The Morgan fingerprint density at radius 2 is 1.65 bits per heavy atom. The number of urea groups is 1. The summed E-state index contributed by atoms with van der Waals surface area (Å²) in [6.07, 6.45) is -4.73. The monoisotopic (exact) mass is 517 g/mol. The number of alkyl halides is 3. The largest absolute Gasteiger partial charge is 0.480 e. The molecule has 1 aromatic heterocycles. The van der Waals surface area contributed by atoms with Crippen molar-refractivity contribution in [2.75, 3.05) is 24.5 Å². The Labute approximate surface area is 211 Å². The SMILES string of the molecule is C[C@@H]1CN(C(=O)N(Cc2ccc(-c3nnc(C(F)(F)F)o3)cc2)c2ccccc2)C[C@H](C)N1CC(=O)O. The van der Waals surface area contributed by atoms with E-state index >= 15 is 0 Å². The van der Waals surface area contributed by atoms with Crippen molar-refractivity contribution >= 4 is 17.7 Å². The number of hydrogen-bond acceptors (Lipinski definition) is 6. The van der Waals surface area contributed by atoms with Gasteiger partial charge >= 0.3 is 24.1 Å². The Bertz CT molecular complexity index is 1220. The summed E-state index contributed by atoms with van der Waals surface area (Å²) in [6.45, 7) is 4.65. The minimum absolute atomic E-state index is 0.0936. The minimum Gasteiger partial charge on any atom is -0.480 e.